The van der Waals surface area contributed by atoms with Crippen molar-refractivity contribution in [2.24, 2.45) is 5.73 Å². The van der Waals surface area contributed by atoms with E-state index in [0.29, 0.717) is 11.7 Å². The standard InChI is InChI=1S/C15H16N4O/c1-3-15(2,16)14-18-13(20-19-14)11-6-7-12-10(9-11)5-4-8-17-12/h4-9H,3,16H2,1-2H3. The maximum atomic E-state index is 6.12. The van der Waals surface area contributed by atoms with E-state index in [1.54, 1.807) is 6.20 Å². The number of pyridine rings is 1. The Morgan fingerprint density at radius 2 is 2.15 bits per heavy atom. The number of aromatic nitrogens is 3. The maximum absolute atomic E-state index is 6.12. The zero-order chi connectivity index (χ0) is 14.2. The minimum atomic E-state index is -0.569. The van der Waals surface area contributed by atoms with Crippen LogP contribution in [0.5, 0.6) is 0 Å². The van der Waals surface area contributed by atoms with Gasteiger partial charge in [0.25, 0.3) is 5.89 Å². The van der Waals surface area contributed by atoms with Crippen LogP contribution in [0, 0.1) is 0 Å². The van der Waals surface area contributed by atoms with E-state index in [1.165, 1.54) is 0 Å². The van der Waals surface area contributed by atoms with Crippen molar-refractivity contribution in [1.29, 1.82) is 0 Å². The van der Waals surface area contributed by atoms with Crippen molar-refractivity contribution in [3.8, 4) is 11.5 Å². The molecule has 5 nitrogen and oxygen atoms in total. The van der Waals surface area contributed by atoms with Crippen molar-refractivity contribution < 1.29 is 4.52 Å². The molecule has 0 fully saturated rings. The first-order valence-electron chi connectivity index (χ1n) is 6.58. The van der Waals surface area contributed by atoms with E-state index >= 15 is 0 Å². The van der Waals surface area contributed by atoms with Crippen molar-refractivity contribution in [3.63, 3.8) is 0 Å². The van der Waals surface area contributed by atoms with Gasteiger partial charge in [-0.25, -0.2) is 0 Å². The van der Waals surface area contributed by atoms with Gasteiger partial charge in [-0.1, -0.05) is 18.1 Å². The molecule has 0 radical (unpaired) electrons. The number of hydrogen-bond donors (Lipinski definition) is 1. The number of rotatable bonds is 3. The summed E-state index contributed by atoms with van der Waals surface area (Å²) in [7, 11) is 0. The zero-order valence-electron chi connectivity index (χ0n) is 11.5. The highest BCUT2D eigenvalue weighted by molar-refractivity contribution is 5.82. The molecule has 0 amide bonds. The van der Waals surface area contributed by atoms with Gasteiger partial charge in [-0.2, -0.15) is 4.98 Å². The largest absolute Gasteiger partial charge is 0.334 e. The average Bonchev–Trinajstić information content (AvgIpc) is 2.97. The molecular weight excluding hydrogens is 252 g/mol. The van der Waals surface area contributed by atoms with Gasteiger partial charge < -0.3 is 10.3 Å². The number of hydrogen-bond acceptors (Lipinski definition) is 5. The normalized spacial score (nSPS) is 14.3. The number of nitrogens with two attached hydrogens (primary N) is 1. The third-order valence-electron chi connectivity index (χ3n) is 3.52. The van der Waals surface area contributed by atoms with Crippen LogP contribution >= 0.6 is 0 Å². The van der Waals surface area contributed by atoms with Crippen LogP contribution in [0.4, 0.5) is 0 Å². The number of benzene rings is 1. The van der Waals surface area contributed by atoms with E-state index in [0.717, 1.165) is 22.9 Å². The lowest BCUT2D eigenvalue weighted by atomic mass is 10.00. The predicted molar refractivity (Wildman–Crippen MR) is 76.9 cm³/mol. The highest BCUT2D eigenvalue weighted by atomic mass is 16.5. The molecule has 1 aromatic carbocycles. The lowest BCUT2D eigenvalue weighted by Crippen LogP contribution is -2.33. The molecule has 2 N–H and O–H groups in total. The Morgan fingerprint density at radius 3 is 2.95 bits per heavy atom. The van der Waals surface area contributed by atoms with Gasteiger partial charge in [0.15, 0.2) is 5.82 Å². The molecule has 2 heterocycles. The van der Waals surface area contributed by atoms with E-state index in [9.17, 15) is 0 Å². The molecule has 3 aromatic rings. The number of fused-ring (bicyclic) bond motifs is 1. The molecule has 1 unspecified atom stereocenters. The summed E-state index contributed by atoms with van der Waals surface area (Å²) < 4.78 is 5.33. The first-order valence-corrected chi connectivity index (χ1v) is 6.58. The smallest absolute Gasteiger partial charge is 0.258 e. The minimum absolute atomic E-state index is 0.482. The molecule has 102 valence electrons. The lowest BCUT2D eigenvalue weighted by molar-refractivity contribution is 0.379. The van der Waals surface area contributed by atoms with Crippen molar-refractivity contribution in [1.82, 2.24) is 15.1 Å². The first-order chi connectivity index (χ1) is 9.60. The minimum Gasteiger partial charge on any atom is -0.334 e. The molecule has 0 saturated heterocycles. The van der Waals surface area contributed by atoms with Crippen LogP contribution in [0.25, 0.3) is 22.4 Å². The lowest BCUT2D eigenvalue weighted by Gasteiger charge is -2.16. The summed E-state index contributed by atoms with van der Waals surface area (Å²) >= 11 is 0. The Hall–Kier alpha value is -2.27. The molecule has 2 aromatic heterocycles. The zero-order valence-corrected chi connectivity index (χ0v) is 11.5. The van der Waals surface area contributed by atoms with Crippen molar-refractivity contribution >= 4 is 10.9 Å². The van der Waals surface area contributed by atoms with E-state index in [1.807, 2.05) is 44.2 Å². The summed E-state index contributed by atoms with van der Waals surface area (Å²) in [5.74, 6) is 1.01. The Bertz CT molecular complexity index is 748. The molecule has 0 aliphatic heterocycles. The monoisotopic (exact) mass is 268 g/mol. The fraction of sp³-hybridized carbons (Fsp3) is 0.267. The van der Waals surface area contributed by atoms with Crippen molar-refractivity contribution in [2.45, 2.75) is 25.8 Å². The molecule has 20 heavy (non-hydrogen) atoms. The van der Waals surface area contributed by atoms with Crippen LogP contribution in [-0.2, 0) is 5.54 Å². The van der Waals surface area contributed by atoms with Gasteiger partial charge in [0.05, 0.1) is 11.1 Å². The van der Waals surface area contributed by atoms with Gasteiger partial charge in [-0.3, -0.25) is 4.98 Å². The molecule has 3 rings (SSSR count). The Labute approximate surface area is 116 Å². The first kappa shape index (κ1) is 12.7. The van der Waals surface area contributed by atoms with Gasteiger partial charge in [0, 0.05) is 17.1 Å². The predicted octanol–water partition coefficient (Wildman–Crippen LogP) is 2.87. The maximum Gasteiger partial charge on any atom is 0.258 e. The summed E-state index contributed by atoms with van der Waals surface area (Å²) in [6, 6.07) is 9.75. The molecular formula is C15H16N4O. The third kappa shape index (κ3) is 2.16. The van der Waals surface area contributed by atoms with Crippen LogP contribution in [0.2, 0.25) is 0 Å². The fourth-order valence-electron chi connectivity index (χ4n) is 1.94. The van der Waals surface area contributed by atoms with E-state index < -0.39 is 5.54 Å². The van der Waals surface area contributed by atoms with Crippen molar-refractivity contribution in [3.05, 3.63) is 42.4 Å². The summed E-state index contributed by atoms with van der Waals surface area (Å²) in [4.78, 5) is 8.69. The summed E-state index contributed by atoms with van der Waals surface area (Å²) in [6.45, 7) is 3.89. The van der Waals surface area contributed by atoms with Gasteiger partial charge >= 0.3 is 0 Å². The van der Waals surface area contributed by atoms with Crippen LogP contribution < -0.4 is 5.73 Å². The highest BCUT2D eigenvalue weighted by Gasteiger charge is 2.25. The van der Waals surface area contributed by atoms with Gasteiger partial charge in [0.2, 0.25) is 0 Å². The van der Waals surface area contributed by atoms with Crippen LogP contribution in [0.3, 0.4) is 0 Å². The average molecular weight is 268 g/mol. The second-order valence-corrected chi connectivity index (χ2v) is 5.11. The Balaban J connectivity index is 2.03. The quantitative estimate of drug-likeness (QED) is 0.790. The second-order valence-electron chi connectivity index (χ2n) is 5.11. The molecule has 5 heteroatoms. The Morgan fingerprint density at radius 1 is 1.30 bits per heavy atom. The van der Waals surface area contributed by atoms with Gasteiger partial charge in [0.1, 0.15) is 0 Å². The Kier molecular flexibility index (Phi) is 2.99. The molecule has 0 saturated carbocycles. The van der Waals surface area contributed by atoms with E-state index in [2.05, 4.69) is 15.1 Å². The molecule has 0 aliphatic carbocycles. The van der Waals surface area contributed by atoms with Crippen molar-refractivity contribution in [2.75, 3.05) is 0 Å². The molecule has 1 atom stereocenters. The van der Waals surface area contributed by atoms with Gasteiger partial charge in [-0.05, 0) is 37.6 Å². The van der Waals surface area contributed by atoms with E-state index in [4.69, 9.17) is 10.3 Å². The van der Waals surface area contributed by atoms with Gasteiger partial charge in [-0.15, -0.1) is 0 Å². The molecule has 0 aliphatic rings. The highest BCUT2D eigenvalue weighted by Crippen LogP contribution is 2.25. The van der Waals surface area contributed by atoms with Crippen LogP contribution in [0.1, 0.15) is 26.1 Å². The molecule has 0 bridgehead atoms. The van der Waals surface area contributed by atoms with Crippen LogP contribution in [-0.4, -0.2) is 15.1 Å². The third-order valence-corrected chi connectivity index (χ3v) is 3.52. The second kappa shape index (κ2) is 4.68. The number of nitrogens with zero attached hydrogens (tertiary/aromatic N) is 3. The summed E-state index contributed by atoms with van der Waals surface area (Å²) in [6.07, 6.45) is 2.52. The SMILES string of the molecule is CCC(C)(N)c1noc(-c2ccc3ncccc3c2)n1. The summed E-state index contributed by atoms with van der Waals surface area (Å²) in [5.41, 5.74) is 7.36. The van der Waals surface area contributed by atoms with Crippen LogP contribution in [0.15, 0.2) is 41.1 Å². The molecule has 0 spiro atoms. The summed E-state index contributed by atoms with van der Waals surface area (Å²) in [5, 5.41) is 5.03. The fourth-order valence-corrected chi connectivity index (χ4v) is 1.94. The topological polar surface area (TPSA) is 77.8 Å². The van der Waals surface area contributed by atoms with E-state index in [-0.39, 0.29) is 0 Å².